The predicted molar refractivity (Wildman–Crippen MR) is 90.8 cm³/mol. The third-order valence-corrected chi connectivity index (χ3v) is 3.49. The highest BCUT2D eigenvalue weighted by Crippen LogP contribution is 2.30. The van der Waals surface area contributed by atoms with Crippen molar-refractivity contribution < 1.29 is 4.74 Å². The molecule has 0 heterocycles. The van der Waals surface area contributed by atoms with Crippen LogP contribution in [0.4, 0.5) is 5.69 Å². The van der Waals surface area contributed by atoms with Gasteiger partial charge in [0.15, 0.2) is 0 Å². The molecule has 0 aliphatic heterocycles. The summed E-state index contributed by atoms with van der Waals surface area (Å²) in [5.41, 5.74) is 10.5. The van der Waals surface area contributed by atoms with E-state index in [2.05, 4.69) is 58.0 Å². The molecular weight excluding hydrogens is 258 g/mol. The summed E-state index contributed by atoms with van der Waals surface area (Å²) in [6.07, 6.45) is 0.990. The zero-order valence-electron chi connectivity index (χ0n) is 13.4. The summed E-state index contributed by atoms with van der Waals surface area (Å²) < 4.78 is 5.70. The molecule has 0 aromatic heterocycles. The first-order chi connectivity index (χ1) is 9.90. The van der Waals surface area contributed by atoms with Crippen LogP contribution >= 0.6 is 0 Å². The molecule has 112 valence electrons. The van der Waals surface area contributed by atoms with Crippen molar-refractivity contribution in [2.24, 2.45) is 0 Å². The number of anilines is 1. The number of hydrogen-bond donors (Lipinski definition) is 1. The minimum Gasteiger partial charge on any atom is -0.494 e. The van der Waals surface area contributed by atoms with E-state index in [1.807, 2.05) is 12.1 Å². The van der Waals surface area contributed by atoms with Crippen LogP contribution in [0.3, 0.4) is 0 Å². The van der Waals surface area contributed by atoms with Crippen LogP contribution in [0.1, 0.15) is 39.7 Å². The molecule has 0 amide bonds. The van der Waals surface area contributed by atoms with Crippen LogP contribution in [0.15, 0.2) is 42.5 Å². The van der Waals surface area contributed by atoms with Gasteiger partial charge in [-0.2, -0.15) is 0 Å². The molecule has 0 saturated carbocycles. The Kier molecular flexibility index (Phi) is 4.56. The molecule has 0 radical (unpaired) electrons. The fourth-order valence-electron chi connectivity index (χ4n) is 2.25. The van der Waals surface area contributed by atoms with Gasteiger partial charge in [0.2, 0.25) is 0 Å². The maximum atomic E-state index is 5.99. The van der Waals surface area contributed by atoms with Crippen molar-refractivity contribution in [2.45, 2.75) is 39.5 Å². The fourth-order valence-corrected chi connectivity index (χ4v) is 2.25. The Bertz CT molecular complexity index is 594. The van der Waals surface area contributed by atoms with Gasteiger partial charge in [-0.1, -0.05) is 52.0 Å². The molecule has 2 aromatic carbocycles. The van der Waals surface area contributed by atoms with E-state index in [0.717, 1.165) is 29.0 Å². The van der Waals surface area contributed by atoms with E-state index < -0.39 is 0 Å². The summed E-state index contributed by atoms with van der Waals surface area (Å²) >= 11 is 0. The van der Waals surface area contributed by atoms with Gasteiger partial charge in [-0.05, 0) is 40.7 Å². The molecule has 21 heavy (non-hydrogen) atoms. The zero-order valence-corrected chi connectivity index (χ0v) is 13.4. The highest BCUT2D eigenvalue weighted by atomic mass is 16.5. The summed E-state index contributed by atoms with van der Waals surface area (Å²) in [5.74, 6) is 0.840. The van der Waals surface area contributed by atoms with Gasteiger partial charge in [0.05, 0.1) is 6.61 Å². The number of nitrogens with two attached hydrogens (primary N) is 1. The molecule has 2 heteroatoms. The van der Waals surface area contributed by atoms with Gasteiger partial charge < -0.3 is 10.5 Å². The topological polar surface area (TPSA) is 35.2 Å². The Morgan fingerprint density at radius 3 is 2.19 bits per heavy atom. The monoisotopic (exact) mass is 283 g/mol. The van der Waals surface area contributed by atoms with Gasteiger partial charge in [0.1, 0.15) is 5.75 Å². The maximum absolute atomic E-state index is 5.99. The molecule has 2 nitrogen and oxygen atoms in total. The number of benzene rings is 2. The van der Waals surface area contributed by atoms with E-state index in [-0.39, 0.29) is 5.41 Å². The van der Waals surface area contributed by atoms with Gasteiger partial charge in [-0.3, -0.25) is 0 Å². The molecule has 0 bridgehead atoms. The van der Waals surface area contributed by atoms with Crippen molar-refractivity contribution in [1.29, 1.82) is 0 Å². The largest absolute Gasteiger partial charge is 0.494 e. The second-order valence-electron chi connectivity index (χ2n) is 6.47. The second-order valence-corrected chi connectivity index (χ2v) is 6.47. The SMILES string of the molecule is CCCOc1cc(N)cc(-c2ccc(C(C)(C)C)cc2)c1. The highest BCUT2D eigenvalue weighted by molar-refractivity contribution is 5.70. The first kappa shape index (κ1) is 15.4. The Hall–Kier alpha value is -1.96. The summed E-state index contributed by atoms with van der Waals surface area (Å²) in [7, 11) is 0. The lowest BCUT2D eigenvalue weighted by molar-refractivity contribution is 0.318. The summed E-state index contributed by atoms with van der Waals surface area (Å²) in [4.78, 5) is 0. The zero-order chi connectivity index (χ0) is 15.5. The molecule has 0 saturated heterocycles. The summed E-state index contributed by atoms with van der Waals surface area (Å²) in [6, 6.07) is 14.6. The molecule has 0 aliphatic rings. The van der Waals surface area contributed by atoms with Gasteiger partial charge in [-0.15, -0.1) is 0 Å². The Morgan fingerprint density at radius 1 is 0.952 bits per heavy atom. The minimum absolute atomic E-state index is 0.170. The summed E-state index contributed by atoms with van der Waals surface area (Å²) in [5, 5.41) is 0. The third-order valence-electron chi connectivity index (χ3n) is 3.49. The van der Waals surface area contributed by atoms with Gasteiger partial charge in [0.25, 0.3) is 0 Å². The van der Waals surface area contributed by atoms with Crippen LogP contribution in [-0.2, 0) is 5.41 Å². The molecule has 2 N–H and O–H groups in total. The molecule has 2 aromatic rings. The van der Waals surface area contributed by atoms with Crippen LogP contribution in [0.2, 0.25) is 0 Å². The van der Waals surface area contributed by atoms with Crippen molar-refractivity contribution in [2.75, 3.05) is 12.3 Å². The smallest absolute Gasteiger partial charge is 0.121 e. The highest BCUT2D eigenvalue weighted by Gasteiger charge is 2.13. The molecular formula is C19H25NO. The van der Waals surface area contributed by atoms with E-state index in [4.69, 9.17) is 10.5 Å². The number of hydrogen-bond acceptors (Lipinski definition) is 2. The van der Waals surface area contributed by atoms with Crippen molar-refractivity contribution >= 4 is 5.69 Å². The van der Waals surface area contributed by atoms with E-state index in [9.17, 15) is 0 Å². The number of nitrogen functional groups attached to an aromatic ring is 1. The van der Waals surface area contributed by atoms with Crippen molar-refractivity contribution in [3.63, 3.8) is 0 Å². The van der Waals surface area contributed by atoms with Gasteiger partial charge in [-0.25, -0.2) is 0 Å². The van der Waals surface area contributed by atoms with Crippen LogP contribution in [0.25, 0.3) is 11.1 Å². The molecule has 0 atom stereocenters. The molecule has 0 aliphatic carbocycles. The lowest BCUT2D eigenvalue weighted by atomic mass is 9.86. The first-order valence-corrected chi connectivity index (χ1v) is 7.54. The summed E-state index contributed by atoms with van der Waals surface area (Å²) in [6.45, 7) is 9.47. The first-order valence-electron chi connectivity index (χ1n) is 7.54. The Balaban J connectivity index is 2.31. The lowest BCUT2D eigenvalue weighted by Gasteiger charge is -2.19. The minimum atomic E-state index is 0.170. The van der Waals surface area contributed by atoms with E-state index in [1.165, 1.54) is 5.56 Å². The average Bonchev–Trinajstić information content (AvgIpc) is 2.44. The van der Waals surface area contributed by atoms with Crippen LogP contribution in [0.5, 0.6) is 5.75 Å². The average molecular weight is 283 g/mol. The molecule has 0 unspecified atom stereocenters. The Morgan fingerprint density at radius 2 is 1.62 bits per heavy atom. The fraction of sp³-hybridized carbons (Fsp3) is 0.368. The molecule has 2 rings (SSSR count). The van der Waals surface area contributed by atoms with E-state index >= 15 is 0 Å². The molecule has 0 spiro atoms. The van der Waals surface area contributed by atoms with E-state index in [1.54, 1.807) is 0 Å². The number of ether oxygens (including phenoxy) is 1. The second kappa shape index (κ2) is 6.21. The lowest BCUT2D eigenvalue weighted by Crippen LogP contribution is -2.10. The number of rotatable bonds is 4. The van der Waals surface area contributed by atoms with Crippen molar-refractivity contribution in [3.05, 3.63) is 48.0 Å². The molecule has 0 fully saturated rings. The van der Waals surface area contributed by atoms with Crippen LogP contribution in [0, 0.1) is 0 Å². The predicted octanol–water partition coefficient (Wildman–Crippen LogP) is 5.02. The van der Waals surface area contributed by atoms with Crippen LogP contribution in [-0.4, -0.2) is 6.61 Å². The van der Waals surface area contributed by atoms with Crippen molar-refractivity contribution in [3.8, 4) is 16.9 Å². The van der Waals surface area contributed by atoms with E-state index in [0.29, 0.717) is 6.61 Å². The quantitative estimate of drug-likeness (QED) is 0.799. The van der Waals surface area contributed by atoms with Crippen molar-refractivity contribution in [1.82, 2.24) is 0 Å². The standard InChI is InChI=1S/C19H25NO/c1-5-10-21-18-12-15(11-17(20)13-18)14-6-8-16(9-7-14)19(2,3)4/h6-9,11-13H,5,10,20H2,1-4H3. The third kappa shape index (κ3) is 4.01. The maximum Gasteiger partial charge on any atom is 0.121 e. The van der Waals surface area contributed by atoms with Crippen LogP contribution < -0.4 is 10.5 Å². The van der Waals surface area contributed by atoms with Gasteiger partial charge in [0, 0.05) is 11.8 Å². The van der Waals surface area contributed by atoms with Gasteiger partial charge >= 0.3 is 0 Å². The Labute approximate surface area is 127 Å². The normalized spacial score (nSPS) is 11.4.